The number of aryl methyl sites for hydroxylation is 2. The van der Waals surface area contributed by atoms with Gasteiger partial charge in [0, 0.05) is 17.8 Å². The van der Waals surface area contributed by atoms with Gasteiger partial charge in [0.05, 0.1) is 22.8 Å². The molecule has 0 bridgehead atoms. The van der Waals surface area contributed by atoms with Crippen molar-refractivity contribution >= 4 is 22.6 Å². The molecule has 0 atom stereocenters. The van der Waals surface area contributed by atoms with E-state index < -0.39 is 0 Å². The van der Waals surface area contributed by atoms with Crippen molar-refractivity contribution in [1.29, 1.82) is 0 Å². The molecule has 4 aromatic rings. The summed E-state index contributed by atoms with van der Waals surface area (Å²) in [7, 11) is 0. The third kappa shape index (κ3) is 3.24. The molecule has 0 fully saturated rings. The average Bonchev–Trinajstić information content (AvgIpc) is 3.13. The zero-order chi connectivity index (χ0) is 19.7. The number of amides is 1. The summed E-state index contributed by atoms with van der Waals surface area (Å²) in [5, 5.41) is 7.78. The van der Waals surface area contributed by atoms with E-state index in [1.54, 1.807) is 36.0 Å². The minimum absolute atomic E-state index is 0.330. The van der Waals surface area contributed by atoms with Crippen molar-refractivity contribution in [3.05, 3.63) is 77.7 Å². The van der Waals surface area contributed by atoms with E-state index in [9.17, 15) is 9.18 Å². The van der Waals surface area contributed by atoms with E-state index in [-0.39, 0.29) is 11.7 Å². The van der Waals surface area contributed by atoms with Crippen LogP contribution in [-0.2, 0) is 6.54 Å². The lowest BCUT2D eigenvalue weighted by molar-refractivity contribution is 0.102. The number of hydrogen-bond acceptors (Lipinski definition) is 3. The maximum Gasteiger partial charge on any atom is 0.256 e. The number of hydrogen-bond donors (Lipinski definition) is 1. The van der Waals surface area contributed by atoms with Crippen molar-refractivity contribution in [3.8, 4) is 11.3 Å². The van der Waals surface area contributed by atoms with Crippen LogP contribution in [0.2, 0.25) is 0 Å². The lowest BCUT2D eigenvalue weighted by atomic mass is 10.1. The first-order valence-corrected chi connectivity index (χ1v) is 9.06. The van der Waals surface area contributed by atoms with Gasteiger partial charge in [-0.15, -0.1) is 0 Å². The van der Waals surface area contributed by atoms with Gasteiger partial charge in [0.15, 0.2) is 5.65 Å². The van der Waals surface area contributed by atoms with Gasteiger partial charge in [0.25, 0.3) is 5.91 Å². The van der Waals surface area contributed by atoms with E-state index in [1.807, 2.05) is 37.3 Å². The number of nitrogens with zero attached hydrogens (tertiary/aromatic N) is 3. The molecule has 5 nitrogen and oxygen atoms in total. The second-order valence-electron chi connectivity index (χ2n) is 6.54. The molecule has 0 aliphatic heterocycles. The van der Waals surface area contributed by atoms with Crippen LogP contribution in [0.1, 0.15) is 22.8 Å². The van der Waals surface area contributed by atoms with Gasteiger partial charge in [-0.1, -0.05) is 36.4 Å². The van der Waals surface area contributed by atoms with Gasteiger partial charge < -0.3 is 5.32 Å². The van der Waals surface area contributed by atoms with Gasteiger partial charge >= 0.3 is 0 Å². The summed E-state index contributed by atoms with van der Waals surface area (Å²) in [5.41, 5.74) is 3.61. The molecule has 0 saturated carbocycles. The zero-order valence-electron chi connectivity index (χ0n) is 15.6. The van der Waals surface area contributed by atoms with Crippen LogP contribution in [-0.4, -0.2) is 20.7 Å². The molecule has 2 heterocycles. The van der Waals surface area contributed by atoms with Crippen molar-refractivity contribution in [2.24, 2.45) is 0 Å². The molecule has 0 saturated heterocycles. The molecule has 0 aliphatic rings. The molecule has 4 rings (SSSR count). The molecule has 1 amide bonds. The van der Waals surface area contributed by atoms with Gasteiger partial charge in [-0.2, -0.15) is 5.10 Å². The van der Waals surface area contributed by atoms with Crippen molar-refractivity contribution in [2.45, 2.75) is 20.4 Å². The van der Waals surface area contributed by atoms with Crippen LogP contribution < -0.4 is 5.32 Å². The molecular weight excluding hydrogens is 355 g/mol. The van der Waals surface area contributed by atoms with E-state index in [0.717, 1.165) is 5.56 Å². The molecule has 140 valence electrons. The van der Waals surface area contributed by atoms with Crippen LogP contribution in [0.15, 0.2) is 60.8 Å². The standard InChI is InChI=1S/C22H19FN4O/c1-3-27-21-18(13-24-27)17(12-20(26-21)15-7-5-4-6-8-15)22(28)25-16-10-9-14(2)19(23)11-16/h4-13H,3H2,1-2H3,(H,25,28). The van der Waals surface area contributed by atoms with Gasteiger partial charge in [-0.05, 0) is 37.6 Å². The number of aromatic nitrogens is 3. The smallest absolute Gasteiger partial charge is 0.256 e. The minimum atomic E-state index is -0.360. The minimum Gasteiger partial charge on any atom is -0.322 e. The number of halogens is 1. The first kappa shape index (κ1) is 17.9. The molecule has 2 aromatic carbocycles. The first-order chi connectivity index (χ1) is 13.6. The summed E-state index contributed by atoms with van der Waals surface area (Å²) in [4.78, 5) is 17.7. The van der Waals surface area contributed by atoms with E-state index >= 15 is 0 Å². The lowest BCUT2D eigenvalue weighted by Gasteiger charge is -2.10. The number of benzene rings is 2. The van der Waals surface area contributed by atoms with Crippen molar-refractivity contribution < 1.29 is 9.18 Å². The average molecular weight is 374 g/mol. The van der Waals surface area contributed by atoms with E-state index in [0.29, 0.717) is 40.1 Å². The van der Waals surface area contributed by atoms with Crippen molar-refractivity contribution in [1.82, 2.24) is 14.8 Å². The highest BCUT2D eigenvalue weighted by atomic mass is 19.1. The topological polar surface area (TPSA) is 59.8 Å². The number of nitrogens with one attached hydrogen (secondary N) is 1. The number of rotatable bonds is 4. The molecule has 2 aromatic heterocycles. The Labute approximate surface area is 161 Å². The van der Waals surface area contributed by atoms with E-state index in [1.165, 1.54) is 6.07 Å². The predicted octanol–water partition coefficient (Wildman–Crippen LogP) is 4.82. The third-order valence-electron chi connectivity index (χ3n) is 4.65. The Morgan fingerprint density at radius 2 is 1.93 bits per heavy atom. The van der Waals surface area contributed by atoms with Gasteiger partial charge in [0.2, 0.25) is 0 Å². The third-order valence-corrected chi connectivity index (χ3v) is 4.65. The monoisotopic (exact) mass is 374 g/mol. The summed E-state index contributed by atoms with van der Waals surface area (Å²) >= 11 is 0. The van der Waals surface area contributed by atoms with Crippen LogP contribution in [0.25, 0.3) is 22.3 Å². The highest BCUT2D eigenvalue weighted by Gasteiger charge is 2.17. The fraction of sp³-hybridized carbons (Fsp3) is 0.136. The highest BCUT2D eigenvalue weighted by molar-refractivity contribution is 6.12. The Morgan fingerprint density at radius 1 is 1.14 bits per heavy atom. The second kappa shape index (κ2) is 7.23. The Balaban J connectivity index is 1.81. The fourth-order valence-corrected chi connectivity index (χ4v) is 3.09. The number of fused-ring (bicyclic) bond motifs is 1. The largest absolute Gasteiger partial charge is 0.322 e. The highest BCUT2D eigenvalue weighted by Crippen LogP contribution is 2.26. The molecule has 6 heteroatoms. The summed E-state index contributed by atoms with van der Waals surface area (Å²) in [6.45, 7) is 4.29. The predicted molar refractivity (Wildman–Crippen MR) is 108 cm³/mol. The molecule has 1 N–H and O–H groups in total. The summed E-state index contributed by atoms with van der Waals surface area (Å²) in [6, 6.07) is 16.0. The van der Waals surface area contributed by atoms with Gasteiger partial charge in [-0.25, -0.2) is 14.1 Å². The molecule has 0 spiro atoms. The molecule has 0 radical (unpaired) electrons. The maximum absolute atomic E-state index is 13.8. The Morgan fingerprint density at radius 3 is 2.64 bits per heavy atom. The number of anilines is 1. The molecule has 28 heavy (non-hydrogen) atoms. The Hall–Kier alpha value is -3.54. The van der Waals surface area contributed by atoms with E-state index in [2.05, 4.69) is 10.4 Å². The normalized spacial score (nSPS) is 11.0. The lowest BCUT2D eigenvalue weighted by Crippen LogP contribution is -2.13. The van der Waals surface area contributed by atoms with Crippen LogP contribution in [0.5, 0.6) is 0 Å². The van der Waals surface area contributed by atoms with Crippen LogP contribution in [0.4, 0.5) is 10.1 Å². The molecule has 0 unspecified atom stereocenters. The second-order valence-corrected chi connectivity index (χ2v) is 6.54. The first-order valence-electron chi connectivity index (χ1n) is 9.06. The van der Waals surface area contributed by atoms with Crippen molar-refractivity contribution in [3.63, 3.8) is 0 Å². The fourth-order valence-electron chi connectivity index (χ4n) is 3.09. The number of pyridine rings is 1. The quantitative estimate of drug-likeness (QED) is 0.557. The number of carbonyl (C=O) groups excluding carboxylic acids is 1. The van der Waals surface area contributed by atoms with Gasteiger partial charge in [0.1, 0.15) is 5.82 Å². The zero-order valence-corrected chi connectivity index (χ0v) is 15.6. The maximum atomic E-state index is 13.8. The van der Waals surface area contributed by atoms with Crippen LogP contribution in [0.3, 0.4) is 0 Å². The summed E-state index contributed by atoms with van der Waals surface area (Å²) < 4.78 is 15.6. The number of carbonyl (C=O) groups is 1. The SMILES string of the molecule is CCn1ncc2c(C(=O)Nc3ccc(C)c(F)c3)cc(-c3ccccc3)nc21. The summed E-state index contributed by atoms with van der Waals surface area (Å²) in [5.74, 6) is -0.690. The Kier molecular flexibility index (Phi) is 4.61. The van der Waals surface area contributed by atoms with Crippen LogP contribution >= 0.6 is 0 Å². The van der Waals surface area contributed by atoms with Crippen molar-refractivity contribution in [2.75, 3.05) is 5.32 Å². The molecule has 0 aliphatic carbocycles. The van der Waals surface area contributed by atoms with E-state index in [4.69, 9.17) is 4.98 Å². The molecular formula is C22H19FN4O. The van der Waals surface area contributed by atoms with Gasteiger partial charge in [-0.3, -0.25) is 4.79 Å². The van der Waals surface area contributed by atoms with Crippen LogP contribution in [0, 0.1) is 12.7 Å². The summed E-state index contributed by atoms with van der Waals surface area (Å²) in [6.07, 6.45) is 1.64. The Bertz CT molecular complexity index is 1170.